The van der Waals surface area contributed by atoms with E-state index in [2.05, 4.69) is 12.2 Å². The molecule has 0 unspecified atom stereocenters. The zero-order valence-electron chi connectivity index (χ0n) is 16.4. The molecule has 2 aromatic rings. The summed E-state index contributed by atoms with van der Waals surface area (Å²) >= 11 is 13.4. The van der Waals surface area contributed by atoms with Crippen molar-refractivity contribution in [3.05, 3.63) is 55.9 Å². The highest BCUT2D eigenvalue weighted by Crippen LogP contribution is 2.40. The summed E-state index contributed by atoms with van der Waals surface area (Å²) in [4.78, 5) is 26.2. The molecule has 1 aromatic heterocycles. The van der Waals surface area contributed by atoms with Crippen LogP contribution in [0.1, 0.15) is 53.1 Å². The maximum Gasteiger partial charge on any atom is 0.341 e. The second-order valence-electron chi connectivity index (χ2n) is 6.94. The Morgan fingerprint density at radius 1 is 1.28 bits per heavy atom. The maximum atomic E-state index is 12.6. The lowest BCUT2D eigenvalue weighted by Gasteiger charge is -2.20. The Labute approximate surface area is 184 Å². The number of carbonyl (C=O) groups excluding carboxylic acids is 2. The smallest absolute Gasteiger partial charge is 0.341 e. The summed E-state index contributed by atoms with van der Waals surface area (Å²) in [6.45, 7) is 4.26. The largest absolute Gasteiger partial charge is 0.462 e. The summed E-state index contributed by atoms with van der Waals surface area (Å²) in [5, 5.41) is 4.32. The number of benzene rings is 1. The maximum absolute atomic E-state index is 12.6. The molecular weight excluding hydrogens is 429 g/mol. The van der Waals surface area contributed by atoms with Crippen LogP contribution in [0.4, 0.5) is 5.00 Å². The molecule has 154 valence electrons. The molecule has 1 heterocycles. The van der Waals surface area contributed by atoms with Crippen LogP contribution in [0, 0.1) is 5.92 Å². The van der Waals surface area contributed by atoms with Gasteiger partial charge in [-0.2, -0.15) is 0 Å². The molecule has 7 heteroatoms. The fraction of sp³-hybridized carbons (Fsp3) is 0.364. The topological polar surface area (TPSA) is 55.4 Å². The molecule has 0 fully saturated rings. The van der Waals surface area contributed by atoms with Gasteiger partial charge in [-0.25, -0.2) is 4.79 Å². The Hall–Kier alpha value is -1.82. The lowest BCUT2D eigenvalue weighted by Crippen LogP contribution is -2.16. The predicted octanol–water partition coefficient (Wildman–Crippen LogP) is 6.40. The minimum atomic E-state index is -0.372. The van der Waals surface area contributed by atoms with Gasteiger partial charge in [0.05, 0.1) is 22.2 Å². The quantitative estimate of drug-likeness (QED) is 0.408. The van der Waals surface area contributed by atoms with Crippen molar-refractivity contribution in [1.29, 1.82) is 0 Å². The first-order chi connectivity index (χ1) is 13.9. The van der Waals surface area contributed by atoms with Gasteiger partial charge in [-0.1, -0.05) is 42.6 Å². The van der Waals surface area contributed by atoms with Crippen molar-refractivity contribution < 1.29 is 14.3 Å². The molecule has 0 aliphatic heterocycles. The van der Waals surface area contributed by atoms with Gasteiger partial charge in [-0.15, -0.1) is 11.3 Å². The molecule has 1 N–H and O–H groups in total. The van der Waals surface area contributed by atoms with E-state index in [4.69, 9.17) is 27.9 Å². The van der Waals surface area contributed by atoms with Crippen LogP contribution in [0.5, 0.6) is 0 Å². The molecule has 3 rings (SSSR count). The number of rotatable bonds is 6. The fourth-order valence-corrected chi connectivity index (χ4v) is 5.11. The average molecular weight is 452 g/mol. The van der Waals surface area contributed by atoms with E-state index >= 15 is 0 Å². The van der Waals surface area contributed by atoms with Gasteiger partial charge in [0.1, 0.15) is 5.00 Å². The van der Waals surface area contributed by atoms with E-state index in [0.717, 1.165) is 36.8 Å². The number of anilines is 1. The standard InChI is InChI=1S/C22H23Cl2NO3S/c1-3-13-5-8-15-18(12-13)29-21(20(15)22(27)28-4-2)25-19(26)10-7-14-6-9-16(23)17(24)11-14/h6-7,9-11,13H,3-5,8,12H2,1-2H3,(H,25,26)/b10-7+/t13-/m0/s1. The fourth-order valence-electron chi connectivity index (χ4n) is 3.45. The summed E-state index contributed by atoms with van der Waals surface area (Å²) < 4.78 is 5.25. The van der Waals surface area contributed by atoms with Crippen molar-refractivity contribution >= 4 is 57.5 Å². The van der Waals surface area contributed by atoms with Gasteiger partial charge in [0.2, 0.25) is 5.91 Å². The second-order valence-corrected chi connectivity index (χ2v) is 8.86. The van der Waals surface area contributed by atoms with Crippen LogP contribution in [0.2, 0.25) is 10.0 Å². The Morgan fingerprint density at radius 2 is 2.07 bits per heavy atom. The van der Waals surface area contributed by atoms with Crippen LogP contribution in [-0.2, 0) is 22.4 Å². The highest BCUT2D eigenvalue weighted by molar-refractivity contribution is 7.17. The number of hydrogen-bond acceptors (Lipinski definition) is 4. The van der Waals surface area contributed by atoms with Gasteiger partial charge >= 0.3 is 5.97 Å². The number of halogens is 2. The predicted molar refractivity (Wildman–Crippen MR) is 120 cm³/mol. The molecule has 1 aromatic carbocycles. The van der Waals surface area contributed by atoms with Crippen LogP contribution in [0.3, 0.4) is 0 Å². The lowest BCUT2D eigenvalue weighted by molar-refractivity contribution is -0.111. The van der Waals surface area contributed by atoms with E-state index in [1.807, 2.05) is 0 Å². The van der Waals surface area contributed by atoms with E-state index in [-0.39, 0.29) is 11.9 Å². The number of fused-ring (bicyclic) bond motifs is 1. The number of ether oxygens (including phenoxy) is 1. The normalized spacial score (nSPS) is 15.9. The van der Waals surface area contributed by atoms with Crippen LogP contribution in [-0.4, -0.2) is 18.5 Å². The molecule has 0 bridgehead atoms. The lowest BCUT2D eigenvalue weighted by atomic mass is 9.85. The summed E-state index contributed by atoms with van der Waals surface area (Å²) in [5.41, 5.74) is 2.30. The van der Waals surface area contributed by atoms with Crippen molar-refractivity contribution in [3.8, 4) is 0 Å². The third kappa shape index (κ3) is 5.21. The van der Waals surface area contributed by atoms with E-state index < -0.39 is 0 Å². The van der Waals surface area contributed by atoms with Gasteiger partial charge in [-0.05, 0) is 61.4 Å². The monoisotopic (exact) mass is 451 g/mol. The van der Waals surface area contributed by atoms with Crippen LogP contribution < -0.4 is 5.32 Å². The zero-order valence-corrected chi connectivity index (χ0v) is 18.7. The molecular formula is C22H23Cl2NO3S. The van der Waals surface area contributed by atoms with Gasteiger partial charge in [0.15, 0.2) is 0 Å². The van der Waals surface area contributed by atoms with E-state index in [1.54, 1.807) is 31.2 Å². The van der Waals surface area contributed by atoms with Crippen LogP contribution in [0.15, 0.2) is 24.3 Å². The highest BCUT2D eigenvalue weighted by atomic mass is 35.5. The van der Waals surface area contributed by atoms with Crippen LogP contribution in [0.25, 0.3) is 6.08 Å². The van der Waals surface area contributed by atoms with Gasteiger partial charge < -0.3 is 10.1 Å². The first-order valence-electron chi connectivity index (χ1n) is 9.68. The Morgan fingerprint density at radius 3 is 2.76 bits per heavy atom. The van der Waals surface area contributed by atoms with Crippen molar-refractivity contribution in [2.45, 2.75) is 39.5 Å². The van der Waals surface area contributed by atoms with E-state index in [9.17, 15) is 9.59 Å². The van der Waals surface area contributed by atoms with E-state index in [0.29, 0.717) is 33.1 Å². The van der Waals surface area contributed by atoms with Crippen molar-refractivity contribution in [3.63, 3.8) is 0 Å². The Kier molecular flexibility index (Phi) is 7.38. The number of hydrogen-bond donors (Lipinski definition) is 1. The third-order valence-electron chi connectivity index (χ3n) is 5.03. The molecule has 1 atom stereocenters. The average Bonchev–Trinajstić information content (AvgIpc) is 3.05. The molecule has 29 heavy (non-hydrogen) atoms. The Balaban J connectivity index is 1.82. The van der Waals surface area contributed by atoms with Crippen LogP contribution >= 0.6 is 34.5 Å². The molecule has 1 amide bonds. The first-order valence-corrected chi connectivity index (χ1v) is 11.3. The van der Waals surface area contributed by atoms with Gasteiger partial charge in [0, 0.05) is 11.0 Å². The molecule has 0 saturated carbocycles. The zero-order chi connectivity index (χ0) is 21.0. The molecule has 1 aliphatic carbocycles. The Bertz CT molecular complexity index is 952. The minimum absolute atomic E-state index is 0.297. The molecule has 1 aliphatic rings. The van der Waals surface area contributed by atoms with Gasteiger partial charge in [0.25, 0.3) is 0 Å². The summed E-state index contributed by atoms with van der Waals surface area (Å²) in [6.07, 6.45) is 7.02. The SMILES string of the molecule is CCOC(=O)c1c(NC(=O)/C=C/c2ccc(Cl)c(Cl)c2)sc2c1CC[C@H](CC)C2. The van der Waals surface area contributed by atoms with Gasteiger partial charge in [-0.3, -0.25) is 4.79 Å². The summed E-state index contributed by atoms with van der Waals surface area (Å²) in [6, 6.07) is 5.14. The highest BCUT2D eigenvalue weighted by Gasteiger charge is 2.29. The van der Waals surface area contributed by atoms with Crippen molar-refractivity contribution in [1.82, 2.24) is 0 Å². The number of amides is 1. The molecule has 0 saturated heterocycles. The van der Waals surface area contributed by atoms with E-state index in [1.165, 1.54) is 22.3 Å². The number of carbonyl (C=O) groups is 2. The van der Waals surface area contributed by atoms with Crippen molar-refractivity contribution in [2.24, 2.45) is 5.92 Å². The first kappa shape index (κ1) is 21.9. The van der Waals surface area contributed by atoms with Crippen molar-refractivity contribution in [2.75, 3.05) is 11.9 Å². The molecule has 4 nitrogen and oxygen atoms in total. The molecule has 0 radical (unpaired) electrons. The summed E-state index contributed by atoms with van der Waals surface area (Å²) in [7, 11) is 0. The third-order valence-corrected chi connectivity index (χ3v) is 6.94. The second kappa shape index (κ2) is 9.79. The number of thiophene rings is 1. The number of esters is 1. The summed E-state index contributed by atoms with van der Waals surface area (Å²) in [5.74, 6) is -0.0646. The number of nitrogens with one attached hydrogen (secondary N) is 1. The minimum Gasteiger partial charge on any atom is -0.462 e. The molecule has 0 spiro atoms.